The highest BCUT2D eigenvalue weighted by atomic mass is 16.5. The number of hydrogen-bond acceptors (Lipinski definition) is 3. The van der Waals surface area contributed by atoms with Crippen molar-refractivity contribution in [1.82, 2.24) is 0 Å². The molecule has 0 saturated carbocycles. The van der Waals surface area contributed by atoms with Crippen LogP contribution in [0.15, 0.2) is 0 Å². The lowest BCUT2D eigenvalue weighted by molar-refractivity contribution is -0.159. The number of carboxylic acid groups (broad SMARTS) is 1. The van der Waals surface area contributed by atoms with Crippen LogP contribution in [-0.2, 0) is 14.3 Å². The summed E-state index contributed by atoms with van der Waals surface area (Å²) >= 11 is 0. The zero-order valence-corrected chi connectivity index (χ0v) is 12.8. The molecule has 0 rings (SSSR count). The Labute approximate surface area is 116 Å². The minimum atomic E-state index is -0.896. The van der Waals surface area contributed by atoms with Gasteiger partial charge in [0, 0.05) is 0 Å². The van der Waals surface area contributed by atoms with E-state index in [0.717, 1.165) is 6.42 Å². The van der Waals surface area contributed by atoms with E-state index in [-0.39, 0.29) is 17.8 Å². The number of carboxylic acids is 1. The van der Waals surface area contributed by atoms with E-state index in [2.05, 4.69) is 0 Å². The maximum atomic E-state index is 12.1. The van der Waals surface area contributed by atoms with Crippen LogP contribution in [0.5, 0.6) is 0 Å². The van der Waals surface area contributed by atoms with Gasteiger partial charge in [0.1, 0.15) is 0 Å². The number of aliphatic carboxylic acids is 1. The van der Waals surface area contributed by atoms with Crippen molar-refractivity contribution < 1.29 is 19.4 Å². The van der Waals surface area contributed by atoms with Gasteiger partial charge in [-0.15, -0.1) is 0 Å². The molecule has 0 aromatic rings. The zero-order chi connectivity index (χ0) is 15.0. The van der Waals surface area contributed by atoms with Gasteiger partial charge in [-0.25, -0.2) is 0 Å². The summed E-state index contributed by atoms with van der Waals surface area (Å²) in [4.78, 5) is 23.5. The Morgan fingerprint density at radius 3 is 1.84 bits per heavy atom. The highest BCUT2D eigenvalue weighted by molar-refractivity contribution is 5.81. The molecule has 0 saturated heterocycles. The van der Waals surface area contributed by atoms with E-state index in [1.165, 1.54) is 0 Å². The van der Waals surface area contributed by atoms with Gasteiger partial charge in [0.2, 0.25) is 0 Å². The quantitative estimate of drug-likeness (QED) is 0.654. The second-order valence-corrected chi connectivity index (χ2v) is 5.98. The van der Waals surface area contributed by atoms with Crippen LogP contribution in [0.1, 0.15) is 53.9 Å². The van der Waals surface area contributed by atoms with E-state index in [1.807, 2.05) is 34.6 Å². The molecule has 0 bridgehead atoms. The molecule has 2 atom stereocenters. The van der Waals surface area contributed by atoms with Crippen LogP contribution in [0.4, 0.5) is 0 Å². The lowest BCUT2D eigenvalue weighted by Gasteiger charge is -2.25. The van der Waals surface area contributed by atoms with Gasteiger partial charge in [-0.3, -0.25) is 9.59 Å². The van der Waals surface area contributed by atoms with Crippen molar-refractivity contribution >= 4 is 11.9 Å². The first-order valence-corrected chi connectivity index (χ1v) is 7.18. The monoisotopic (exact) mass is 272 g/mol. The fraction of sp³-hybridized carbons (Fsp3) is 0.867. The van der Waals surface area contributed by atoms with Gasteiger partial charge in [-0.05, 0) is 31.1 Å². The van der Waals surface area contributed by atoms with E-state index < -0.39 is 17.8 Å². The Bertz CT molecular complexity index is 284. The molecule has 0 aliphatic rings. The normalized spacial score (nSPS) is 14.5. The van der Waals surface area contributed by atoms with E-state index in [0.29, 0.717) is 19.4 Å². The molecule has 0 spiro atoms. The number of carbonyl (C=O) groups is 2. The summed E-state index contributed by atoms with van der Waals surface area (Å²) in [5.74, 6) is -1.92. The second kappa shape index (κ2) is 8.94. The van der Waals surface area contributed by atoms with Gasteiger partial charge in [-0.2, -0.15) is 0 Å². The summed E-state index contributed by atoms with van der Waals surface area (Å²) < 4.78 is 5.16. The lowest BCUT2D eigenvalue weighted by atomic mass is 9.81. The van der Waals surface area contributed by atoms with Crippen LogP contribution in [-0.4, -0.2) is 23.7 Å². The van der Waals surface area contributed by atoms with Crippen molar-refractivity contribution in [2.24, 2.45) is 23.7 Å². The molecule has 112 valence electrons. The first-order valence-electron chi connectivity index (χ1n) is 7.18. The van der Waals surface area contributed by atoms with Crippen molar-refractivity contribution in [3.8, 4) is 0 Å². The minimum absolute atomic E-state index is 0.245. The van der Waals surface area contributed by atoms with Crippen molar-refractivity contribution in [1.29, 1.82) is 0 Å². The topological polar surface area (TPSA) is 63.6 Å². The number of esters is 1. The van der Waals surface area contributed by atoms with Gasteiger partial charge >= 0.3 is 11.9 Å². The van der Waals surface area contributed by atoms with Crippen LogP contribution in [0, 0.1) is 23.7 Å². The predicted octanol–water partition coefficient (Wildman–Crippen LogP) is 3.35. The molecule has 0 radical (unpaired) electrons. The molecule has 0 heterocycles. The Morgan fingerprint density at radius 2 is 1.47 bits per heavy atom. The van der Waals surface area contributed by atoms with Crippen LogP contribution >= 0.6 is 0 Å². The van der Waals surface area contributed by atoms with E-state index in [1.54, 1.807) is 0 Å². The summed E-state index contributed by atoms with van der Waals surface area (Å²) in [7, 11) is 0. The third-order valence-electron chi connectivity index (χ3n) is 3.00. The smallest absolute Gasteiger partial charge is 0.309 e. The first kappa shape index (κ1) is 17.9. The maximum Gasteiger partial charge on any atom is 0.309 e. The number of rotatable bonds is 9. The Balaban J connectivity index is 4.94. The summed E-state index contributed by atoms with van der Waals surface area (Å²) in [6, 6.07) is 0. The predicted molar refractivity (Wildman–Crippen MR) is 74.8 cm³/mol. The summed E-state index contributed by atoms with van der Waals surface area (Å²) in [5, 5.41) is 9.37. The molecule has 0 unspecified atom stereocenters. The molecule has 4 heteroatoms. The molecule has 0 aliphatic heterocycles. The van der Waals surface area contributed by atoms with Crippen LogP contribution in [0.3, 0.4) is 0 Å². The van der Waals surface area contributed by atoms with Crippen molar-refractivity contribution in [3.63, 3.8) is 0 Å². The van der Waals surface area contributed by atoms with Gasteiger partial charge in [0.15, 0.2) is 0 Å². The number of ether oxygens (including phenoxy) is 1. The second-order valence-electron chi connectivity index (χ2n) is 5.98. The van der Waals surface area contributed by atoms with Gasteiger partial charge < -0.3 is 9.84 Å². The Kier molecular flexibility index (Phi) is 8.44. The van der Waals surface area contributed by atoms with Crippen LogP contribution < -0.4 is 0 Å². The highest BCUT2D eigenvalue weighted by Crippen LogP contribution is 2.28. The third kappa shape index (κ3) is 7.19. The van der Waals surface area contributed by atoms with Gasteiger partial charge in [0.25, 0.3) is 0 Å². The van der Waals surface area contributed by atoms with Crippen molar-refractivity contribution in [2.75, 3.05) is 6.61 Å². The Morgan fingerprint density at radius 1 is 1.00 bits per heavy atom. The van der Waals surface area contributed by atoms with Crippen molar-refractivity contribution in [3.05, 3.63) is 0 Å². The van der Waals surface area contributed by atoms with Gasteiger partial charge in [0.05, 0.1) is 18.4 Å². The molecule has 19 heavy (non-hydrogen) atoms. The average molecular weight is 272 g/mol. The maximum absolute atomic E-state index is 12.1. The van der Waals surface area contributed by atoms with E-state index in [9.17, 15) is 14.7 Å². The molecule has 0 aliphatic carbocycles. The molecule has 0 fully saturated rings. The van der Waals surface area contributed by atoms with Crippen LogP contribution in [0.25, 0.3) is 0 Å². The Hall–Kier alpha value is -1.06. The molecule has 4 nitrogen and oxygen atoms in total. The SMILES string of the molecule is CCCOC(=O)[C@H](CC(C)C)[C@H](CC(C)C)C(=O)O. The van der Waals surface area contributed by atoms with Gasteiger partial charge in [-0.1, -0.05) is 34.6 Å². The molecule has 1 N–H and O–H groups in total. The molecular formula is C15H28O4. The minimum Gasteiger partial charge on any atom is -0.481 e. The molecule has 0 aromatic heterocycles. The third-order valence-corrected chi connectivity index (χ3v) is 3.00. The lowest BCUT2D eigenvalue weighted by Crippen LogP contribution is -2.33. The fourth-order valence-electron chi connectivity index (χ4n) is 2.19. The first-order chi connectivity index (χ1) is 8.79. The van der Waals surface area contributed by atoms with Crippen LogP contribution in [0.2, 0.25) is 0 Å². The fourth-order valence-corrected chi connectivity index (χ4v) is 2.19. The average Bonchev–Trinajstić information content (AvgIpc) is 2.29. The summed E-state index contributed by atoms with van der Waals surface area (Å²) in [5.41, 5.74) is 0. The zero-order valence-electron chi connectivity index (χ0n) is 12.8. The summed E-state index contributed by atoms with van der Waals surface area (Å²) in [6.45, 7) is 10.2. The van der Waals surface area contributed by atoms with Crippen molar-refractivity contribution in [2.45, 2.75) is 53.9 Å². The number of carbonyl (C=O) groups excluding carboxylic acids is 1. The van der Waals surface area contributed by atoms with E-state index in [4.69, 9.17) is 4.74 Å². The largest absolute Gasteiger partial charge is 0.481 e. The number of hydrogen-bond donors (Lipinski definition) is 1. The molecule has 0 aromatic carbocycles. The molecular weight excluding hydrogens is 244 g/mol. The van der Waals surface area contributed by atoms with E-state index >= 15 is 0 Å². The molecule has 0 amide bonds. The summed E-state index contributed by atoms with van der Waals surface area (Å²) in [6.07, 6.45) is 1.82. The highest BCUT2D eigenvalue weighted by Gasteiger charge is 2.35. The standard InChI is InChI=1S/C15H28O4/c1-6-7-19-15(18)13(9-11(4)5)12(14(16)17)8-10(2)3/h10-13H,6-9H2,1-5H3,(H,16,17)/t12-,13+/m0/s1.